The number of hydrogen-bond acceptors (Lipinski definition) is 2. The minimum absolute atomic E-state index is 0.771. The molecule has 0 heterocycles. The smallest absolute Gasteiger partial charge is 0.0428 e. The Balaban J connectivity index is 3.11. The van der Waals surface area contributed by atoms with Gasteiger partial charge < -0.3 is 5.73 Å². The second-order valence-corrected chi connectivity index (χ2v) is 3.57. The summed E-state index contributed by atoms with van der Waals surface area (Å²) in [6, 6.07) is 9.87. The summed E-state index contributed by atoms with van der Waals surface area (Å²) in [7, 11) is 0. The van der Waals surface area contributed by atoms with E-state index in [9.17, 15) is 0 Å². The van der Waals surface area contributed by atoms with E-state index in [2.05, 4.69) is 0 Å². The minimum atomic E-state index is 0.771. The molecule has 0 spiro atoms. The van der Waals surface area contributed by atoms with Crippen molar-refractivity contribution in [1.82, 2.24) is 0 Å². The van der Waals surface area contributed by atoms with Gasteiger partial charge in [-0.2, -0.15) is 0 Å². The van der Waals surface area contributed by atoms with Crippen LogP contribution in [0.3, 0.4) is 0 Å². The van der Waals surface area contributed by atoms with Crippen LogP contribution in [0.4, 0.5) is 0 Å². The maximum absolute atomic E-state index is 5.93. The van der Waals surface area contributed by atoms with Gasteiger partial charge in [-0.3, -0.25) is 0 Å². The standard InChI is InChI=1S/C11H13NS/c1-8(9(2)13)11(12)10-6-4-3-5-7-10/h3-7H,12H2,1-2H3/b11-8-. The van der Waals surface area contributed by atoms with E-state index in [1.165, 1.54) is 0 Å². The SMILES string of the molecule is CC(=S)/C(C)=C(\N)c1ccccc1. The molecule has 1 aromatic rings. The van der Waals surface area contributed by atoms with Gasteiger partial charge in [-0.1, -0.05) is 42.5 Å². The molecule has 0 atom stereocenters. The fourth-order valence-electron chi connectivity index (χ4n) is 1.02. The van der Waals surface area contributed by atoms with Gasteiger partial charge in [0.05, 0.1) is 0 Å². The maximum atomic E-state index is 5.93. The number of hydrogen-bond donors (Lipinski definition) is 1. The maximum Gasteiger partial charge on any atom is 0.0428 e. The lowest BCUT2D eigenvalue weighted by Gasteiger charge is -2.05. The number of rotatable bonds is 2. The predicted octanol–water partition coefficient (Wildman–Crippen LogP) is 2.77. The lowest BCUT2D eigenvalue weighted by atomic mass is 10.1. The summed E-state index contributed by atoms with van der Waals surface area (Å²) in [6.07, 6.45) is 0. The highest BCUT2D eigenvalue weighted by Crippen LogP contribution is 2.13. The molecule has 0 saturated heterocycles. The van der Waals surface area contributed by atoms with Crippen LogP contribution >= 0.6 is 12.2 Å². The zero-order chi connectivity index (χ0) is 9.84. The second-order valence-electron chi connectivity index (χ2n) is 2.96. The van der Waals surface area contributed by atoms with Crippen LogP contribution in [0.15, 0.2) is 35.9 Å². The number of thiocarbonyl (C=S) groups is 1. The van der Waals surface area contributed by atoms with E-state index in [-0.39, 0.29) is 0 Å². The summed E-state index contributed by atoms with van der Waals surface area (Å²) in [5, 5.41) is 0. The second kappa shape index (κ2) is 4.19. The first-order valence-electron chi connectivity index (χ1n) is 4.15. The first kappa shape index (κ1) is 9.93. The first-order chi connectivity index (χ1) is 6.13. The van der Waals surface area contributed by atoms with E-state index in [0.717, 1.165) is 21.7 Å². The lowest BCUT2D eigenvalue weighted by Crippen LogP contribution is -2.03. The molecule has 0 amide bonds. The Kier molecular flexibility index (Phi) is 3.20. The van der Waals surface area contributed by atoms with Gasteiger partial charge in [0.25, 0.3) is 0 Å². The van der Waals surface area contributed by atoms with Crippen molar-refractivity contribution < 1.29 is 0 Å². The van der Waals surface area contributed by atoms with Crippen molar-refractivity contribution in [1.29, 1.82) is 0 Å². The van der Waals surface area contributed by atoms with E-state index in [1.807, 2.05) is 44.2 Å². The molecule has 1 aromatic carbocycles. The molecule has 2 heteroatoms. The normalized spacial score (nSPS) is 12.2. The van der Waals surface area contributed by atoms with Gasteiger partial charge in [-0.05, 0) is 25.0 Å². The van der Waals surface area contributed by atoms with Gasteiger partial charge in [-0.25, -0.2) is 0 Å². The van der Waals surface area contributed by atoms with Crippen molar-refractivity contribution >= 4 is 22.8 Å². The van der Waals surface area contributed by atoms with Crippen LogP contribution in [-0.2, 0) is 0 Å². The highest BCUT2D eigenvalue weighted by Gasteiger charge is 2.01. The number of allylic oxidation sites excluding steroid dienone is 1. The lowest BCUT2D eigenvalue weighted by molar-refractivity contribution is 1.45. The fourth-order valence-corrected chi connectivity index (χ4v) is 1.13. The molecule has 0 bridgehead atoms. The molecule has 13 heavy (non-hydrogen) atoms. The molecule has 0 aliphatic carbocycles. The van der Waals surface area contributed by atoms with Crippen molar-refractivity contribution in [3.05, 3.63) is 41.5 Å². The zero-order valence-corrected chi connectivity index (χ0v) is 8.69. The quantitative estimate of drug-likeness (QED) is 0.574. The average molecular weight is 191 g/mol. The van der Waals surface area contributed by atoms with Crippen LogP contribution in [0.25, 0.3) is 5.70 Å². The summed E-state index contributed by atoms with van der Waals surface area (Å²) in [6.45, 7) is 3.84. The fraction of sp³-hybridized carbons (Fsp3) is 0.182. The van der Waals surface area contributed by atoms with Crippen LogP contribution in [0, 0.1) is 0 Å². The van der Waals surface area contributed by atoms with Crippen LogP contribution in [-0.4, -0.2) is 4.86 Å². The summed E-state index contributed by atoms with van der Waals surface area (Å²) >= 11 is 5.06. The molecule has 0 unspecified atom stereocenters. The minimum Gasteiger partial charge on any atom is -0.398 e. The molecule has 0 saturated carbocycles. The monoisotopic (exact) mass is 191 g/mol. The Bertz CT molecular complexity index is 338. The molecule has 0 radical (unpaired) electrons. The third-order valence-corrected chi connectivity index (χ3v) is 2.32. The highest BCUT2D eigenvalue weighted by atomic mass is 32.1. The first-order valence-corrected chi connectivity index (χ1v) is 4.56. The van der Waals surface area contributed by atoms with Gasteiger partial charge in [0, 0.05) is 10.6 Å². The van der Waals surface area contributed by atoms with Gasteiger partial charge in [0.15, 0.2) is 0 Å². The van der Waals surface area contributed by atoms with Gasteiger partial charge in [0.1, 0.15) is 0 Å². The van der Waals surface area contributed by atoms with Gasteiger partial charge in [-0.15, -0.1) is 0 Å². The molecule has 0 aromatic heterocycles. The third-order valence-electron chi connectivity index (χ3n) is 2.02. The Morgan fingerprint density at radius 2 is 1.69 bits per heavy atom. The Hall–Kier alpha value is -1.15. The molecular weight excluding hydrogens is 178 g/mol. The average Bonchev–Trinajstić information content (AvgIpc) is 2.17. The van der Waals surface area contributed by atoms with Crippen LogP contribution in [0.5, 0.6) is 0 Å². The highest BCUT2D eigenvalue weighted by molar-refractivity contribution is 7.80. The number of nitrogens with two attached hydrogens (primary N) is 1. The molecule has 1 rings (SSSR count). The summed E-state index contributed by atoms with van der Waals surface area (Å²) in [5.74, 6) is 0. The zero-order valence-electron chi connectivity index (χ0n) is 7.87. The van der Waals surface area contributed by atoms with Gasteiger partial charge in [0.2, 0.25) is 0 Å². The Labute approximate surface area is 84.3 Å². The topological polar surface area (TPSA) is 26.0 Å². The van der Waals surface area contributed by atoms with Crippen molar-refractivity contribution in [2.75, 3.05) is 0 Å². The molecule has 2 N–H and O–H groups in total. The Morgan fingerprint density at radius 1 is 1.15 bits per heavy atom. The third kappa shape index (κ3) is 2.39. The number of benzene rings is 1. The van der Waals surface area contributed by atoms with Crippen molar-refractivity contribution in [2.45, 2.75) is 13.8 Å². The summed E-state index contributed by atoms with van der Waals surface area (Å²) in [5.41, 5.74) is 8.72. The van der Waals surface area contributed by atoms with Crippen LogP contribution in [0.1, 0.15) is 19.4 Å². The van der Waals surface area contributed by atoms with E-state index in [1.54, 1.807) is 0 Å². The molecule has 0 aliphatic heterocycles. The molecule has 0 aliphatic rings. The van der Waals surface area contributed by atoms with E-state index in [0.29, 0.717) is 0 Å². The molecular formula is C11H13NS. The van der Waals surface area contributed by atoms with Crippen molar-refractivity contribution in [3.63, 3.8) is 0 Å². The molecule has 0 fully saturated rings. The van der Waals surface area contributed by atoms with Gasteiger partial charge >= 0.3 is 0 Å². The van der Waals surface area contributed by atoms with Crippen LogP contribution < -0.4 is 5.73 Å². The predicted molar refractivity (Wildman–Crippen MR) is 61.5 cm³/mol. The van der Waals surface area contributed by atoms with E-state index in [4.69, 9.17) is 18.0 Å². The van der Waals surface area contributed by atoms with Crippen molar-refractivity contribution in [3.8, 4) is 0 Å². The summed E-state index contributed by atoms with van der Waals surface area (Å²) in [4.78, 5) is 0.848. The van der Waals surface area contributed by atoms with E-state index < -0.39 is 0 Å². The molecule has 1 nitrogen and oxygen atoms in total. The van der Waals surface area contributed by atoms with E-state index >= 15 is 0 Å². The largest absolute Gasteiger partial charge is 0.398 e. The molecule has 68 valence electrons. The summed E-state index contributed by atoms with van der Waals surface area (Å²) < 4.78 is 0. The van der Waals surface area contributed by atoms with Crippen LogP contribution in [0.2, 0.25) is 0 Å². The Morgan fingerprint density at radius 3 is 2.15 bits per heavy atom. The van der Waals surface area contributed by atoms with Crippen molar-refractivity contribution in [2.24, 2.45) is 5.73 Å².